The van der Waals surface area contributed by atoms with E-state index < -0.39 is 11.9 Å². The van der Waals surface area contributed by atoms with Crippen LogP contribution < -0.4 is 0 Å². The second-order valence-corrected chi connectivity index (χ2v) is 5.74. The first-order chi connectivity index (χ1) is 8.47. The van der Waals surface area contributed by atoms with Crippen LogP contribution in [0.3, 0.4) is 0 Å². The molecule has 3 heteroatoms. The molecule has 0 bridgehead atoms. The number of aliphatic hydroxyl groups excluding tert-OH is 1. The predicted molar refractivity (Wildman–Crippen MR) is 72.0 cm³/mol. The molecule has 0 aliphatic heterocycles. The molecule has 98 valence electrons. The monoisotopic (exact) mass is 268 g/mol. The Morgan fingerprint density at radius 3 is 2.78 bits per heavy atom. The van der Waals surface area contributed by atoms with Gasteiger partial charge in [-0.05, 0) is 43.7 Å². The molecule has 0 saturated carbocycles. The molecule has 1 aliphatic carbocycles. The molecule has 18 heavy (non-hydrogen) atoms. The molecule has 0 saturated heterocycles. The maximum absolute atomic E-state index is 13.8. The minimum absolute atomic E-state index is 0.0840. The van der Waals surface area contributed by atoms with Crippen LogP contribution in [0.25, 0.3) is 0 Å². The van der Waals surface area contributed by atoms with Crippen molar-refractivity contribution in [2.75, 3.05) is 0 Å². The molecule has 1 nitrogen and oxygen atoms in total. The quantitative estimate of drug-likeness (QED) is 0.783. The largest absolute Gasteiger partial charge is 0.388 e. The van der Waals surface area contributed by atoms with Crippen LogP contribution in [0.5, 0.6) is 0 Å². The molecule has 3 unspecified atom stereocenters. The highest BCUT2D eigenvalue weighted by molar-refractivity contribution is 6.30. The first-order valence-corrected chi connectivity index (χ1v) is 6.65. The van der Waals surface area contributed by atoms with Crippen molar-refractivity contribution in [1.29, 1.82) is 0 Å². The summed E-state index contributed by atoms with van der Waals surface area (Å²) in [5.41, 5.74) is 1.62. The maximum Gasteiger partial charge on any atom is 0.130 e. The van der Waals surface area contributed by atoms with E-state index in [0.29, 0.717) is 16.5 Å². The molecule has 3 atom stereocenters. The van der Waals surface area contributed by atoms with E-state index in [1.807, 2.05) is 0 Å². The van der Waals surface area contributed by atoms with E-state index >= 15 is 0 Å². The summed E-state index contributed by atoms with van der Waals surface area (Å²) in [6.07, 6.45) is 3.18. The molecule has 1 N–H and O–H groups in total. The first kappa shape index (κ1) is 13.6. The summed E-state index contributed by atoms with van der Waals surface area (Å²) in [5.74, 6) is 0.101. The fraction of sp³-hybridized carbons (Fsp3) is 0.467. The third-order valence-corrected chi connectivity index (χ3v) is 3.79. The molecule has 1 aromatic rings. The average Bonchev–Trinajstić information content (AvgIpc) is 2.26. The topological polar surface area (TPSA) is 20.2 Å². The summed E-state index contributed by atoms with van der Waals surface area (Å²) >= 11 is 5.72. The van der Waals surface area contributed by atoms with Gasteiger partial charge >= 0.3 is 0 Å². The fourth-order valence-corrected chi connectivity index (χ4v) is 2.99. The summed E-state index contributed by atoms with van der Waals surface area (Å²) in [5, 5.41) is 10.7. The smallest absolute Gasteiger partial charge is 0.130 e. The number of halogens is 2. The Morgan fingerprint density at radius 2 is 2.17 bits per heavy atom. The van der Waals surface area contributed by atoms with E-state index in [0.717, 1.165) is 12.8 Å². The molecule has 0 radical (unpaired) electrons. The second kappa shape index (κ2) is 5.41. The summed E-state index contributed by atoms with van der Waals surface area (Å²) in [6.45, 7) is 4.19. The van der Waals surface area contributed by atoms with Gasteiger partial charge in [-0.1, -0.05) is 36.2 Å². The molecule has 0 fully saturated rings. The lowest BCUT2D eigenvalue weighted by molar-refractivity contribution is 0.0898. The Labute approximate surface area is 112 Å². The van der Waals surface area contributed by atoms with Crippen LogP contribution >= 0.6 is 11.6 Å². The van der Waals surface area contributed by atoms with Gasteiger partial charge < -0.3 is 5.11 Å². The zero-order chi connectivity index (χ0) is 13.3. The van der Waals surface area contributed by atoms with E-state index in [1.165, 1.54) is 11.6 Å². The van der Waals surface area contributed by atoms with E-state index in [-0.39, 0.29) is 5.92 Å². The molecule has 1 aromatic carbocycles. The average molecular weight is 269 g/mol. The highest BCUT2D eigenvalue weighted by Gasteiger charge is 2.27. The number of hydrogen-bond acceptors (Lipinski definition) is 1. The predicted octanol–water partition coefficient (Wildman–Crippen LogP) is 4.50. The molecule has 1 aliphatic rings. The Balaban J connectivity index is 2.21. The van der Waals surface area contributed by atoms with Crippen molar-refractivity contribution in [3.05, 3.63) is 46.3 Å². The van der Waals surface area contributed by atoms with Gasteiger partial charge in [0.05, 0.1) is 6.10 Å². The van der Waals surface area contributed by atoms with Gasteiger partial charge in [-0.2, -0.15) is 0 Å². The van der Waals surface area contributed by atoms with Gasteiger partial charge in [-0.25, -0.2) is 4.39 Å². The van der Waals surface area contributed by atoms with Gasteiger partial charge in [0.1, 0.15) is 5.82 Å². The summed E-state index contributed by atoms with van der Waals surface area (Å²) in [4.78, 5) is 0. The summed E-state index contributed by atoms with van der Waals surface area (Å²) < 4.78 is 13.8. The fourth-order valence-electron chi connectivity index (χ4n) is 2.83. The van der Waals surface area contributed by atoms with E-state index in [2.05, 4.69) is 19.9 Å². The van der Waals surface area contributed by atoms with Crippen LogP contribution in [0.15, 0.2) is 29.8 Å². The second-order valence-electron chi connectivity index (χ2n) is 5.30. The van der Waals surface area contributed by atoms with Gasteiger partial charge in [-0.15, -0.1) is 0 Å². The molecule has 0 aromatic heterocycles. The van der Waals surface area contributed by atoms with E-state index in [4.69, 9.17) is 11.6 Å². The molecule has 0 amide bonds. The third-order valence-electron chi connectivity index (χ3n) is 3.56. The SMILES string of the molecule is CC1=CC(C)CC(C(O)c2ccc(Cl)cc2F)C1. The zero-order valence-electron chi connectivity index (χ0n) is 10.7. The van der Waals surface area contributed by atoms with Crippen molar-refractivity contribution >= 4 is 11.6 Å². The molecular weight excluding hydrogens is 251 g/mol. The normalized spacial score (nSPS) is 25.7. The van der Waals surface area contributed by atoms with Crippen molar-refractivity contribution in [3.8, 4) is 0 Å². The maximum atomic E-state index is 13.8. The lowest BCUT2D eigenvalue weighted by Gasteiger charge is -2.29. The lowest BCUT2D eigenvalue weighted by Crippen LogP contribution is -2.20. The number of benzene rings is 1. The van der Waals surface area contributed by atoms with Gasteiger partial charge in [0.2, 0.25) is 0 Å². The summed E-state index contributed by atoms with van der Waals surface area (Å²) in [7, 11) is 0. The van der Waals surface area contributed by atoms with E-state index in [9.17, 15) is 9.50 Å². The van der Waals surface area contributed by atoms with Crippen molar-refractivity contribution in [2.24, 2.45) is 11.8 Å². The van der Waals surface area contributed by atoms with Crippen molar-refractivity contribution in [1.82, 2.24) is 0 Å². The van der Waals surface area contributed by atoms with Gasteiger partial charge in [0.25, 0.3) is 0 Å². The molecule has 2 rings (SSSR count). The van der Waals surface area contributed by atoms with Crippen molar-refractivity contribution in [2.45, 2.75) is 32.8 Å². The number of allylic oxidation sites excluding steroid dienone is 2. The standard InChI is InChI=1S/C15H18ClFO/c1-9-5-10(2)7-11(6-9)15(18)13-4-3-12(16)8-14(13)17/h3-5,8-9,11,15,18H,6-7H2,1-2H3. The lowest BCUT2D eigenvalue weighted by atomic mass is 9.79. The zero-order valence-corrected chi connectivity index (χ0v) is 11.4. The van der Waals surface area contributed by atoms with E-state index in [1.54, 1.807) is 12.1 Å². The summed E-state index contributed by atoms with van der Waals surface area (Å²) in [6, 6.07) is 4.47. The number of aliphatic hydroxyl groups is 1. The Hall–Kier alpha value is -0.860. The van der Waals surface area contributed by atoms with Crippen LogP contribution in [-0.4, -0.2) is 5.11 Å². The molecule has 0 spiro atoms. The van der Waals surface area contributed by atoms with Gasteiger partial charge in [0, 0.05) is 10.6 Å². The highest BCUT2D eigenvalue weighted by atomic mass is 35.5. The van der Waals surface area contributed by atoms with Gasteiger partial charge in [-0.3, -0.25) is 0 Å². The van der Waals surface area contributed by atoms with Crippen LogP contribution in [-0.2, 0) is 0 Å². The highest BCUT2D eigenvalue weighted by Crippen LogP contribution is 2.37. The number of rotatable bonds is 2. The van der Waals surface area contributed by atoms with Crippen molar-refractivity contribution < 1.29 is 9.50 Å². The Morgan fingerprint density at radius 1 is 1.44 bits per heavy atom. The Kier molecular flexibility index (Phi) is 4.08. The Bertz CT molecular complexity index is 470. The van der Waals surface area contributed by atoms with Crippen LogP contribution in [0.1, 0.15) is 38.4 Å². The van der Waals surface area contributed by atoms with Gasteiger partial charge in [0.15, 0.2) is 0 Å². The minimum atomic E-state index is -0.756. The third kappa shape index (κ3) is 2.93. The molecule has 0 heterocycles. The van der Waals surface area contributed by atoms with Crippen molar-refractivity contribution in [3.63, 3.8) is 0 Å². The van der Waals surface area contributed by atoms with Crippen LogP contribution in [0.4, 0.5) is 4.39 Å². The minimum Gasteiger partial charge on any atom is -0.388 e. The van der Waals surface area contributed by atoms with Crippen LogP contribution in [0.2, 0.25) is 5.02 Å². The molecular formula is C15H18ClFO. The number of hydrogen-bond donors (Lipinski definition) is 1. The van der Waals surface area contributed by atoms with Crippen LogP contribution in [0, 0.1) is 17.7 Å². The first-order valence-electron chi connectivity index (χ1n) is 6.27.